The standard InChI is InChI=1S/C13H25N3/c1-5-6-15-13(4,9-14)10-16-8-11(2)7-12(16)3/h11-12,15H,5-8,10H2,1-4H3. The van der Waals surface area contributed by atoms with E-state index in [1.807, 2.05) is 6.92 Å². The molecule has 1 aliphatic rings. The van der Waals surface area contributed by atoms with Crippen molar-refractivity contribution in [2.24, 2.45) is 5.92 Å². The van der Waals surface area contributed by atoms with Crippen LogP contribution in [-0.2, 0) is 0 Å². The predicted octanol–water partition coefficient (Wildman–Crippen LogP) is 2.00. The van der Waals surface area contributed by atoms with Gasteiger partial charge in [-0.25, -0.2) is 0 Å². The first kappa shape index (κ1) is 13.5. The van der Waals surface area contributed by atoms with E-state index in [1.54, 1.807) is 0 Å². The van der Waals surface area contributed by atoms with Crippen LogP contribution in [0.4, 0.5) is 0 Å². The summed E-state index contributed by atoms with van der Waals surface area (Å²) >= 11 is 0. The molecular formula is C13H25N3. The Labute approximate surface area is 99.8 Å². The van der Waals surface area contributed by atoms with Gasteiger partial charge in [0.1, 0.15) is 5.54 Å². The lowest BCUT2D eigenvalue weighted by Gasteiger charge is -2.31. The molecule has 0 saturated carbocycles. The van der Waals surface area contributed by atoms with Crippen LogP contribution in [0, 0.1) is 17.2 Å². The van der Waals surface area contributed by atoms with Crippen molar-refractivity contribution in [1.82, 2.24) is 10.2 Å². The Bertz CT molecular complexity index is 258. The summed E-state index contributed by atoms with van der Waals surface area (Å²) in [5.41, 5.74) is -0.395. The first-order chi connectivity index (χ1) is 7.50. The Morgan fingerprint density at radius 1 is 1.50 bits per heavy atom. The first-order valence-corrected chi connectivity index (χ1v) is 6.41. The van der Waals surface area contributed by atoms with Crippen LogP contribution in [0.2, 0.25) is 0 Å². The van der Waals surface area contributed by atoms with E-state index in [9.17, 15) is 5.26 Å². The molecule has 3 atom stereocenters. The van der Waals surface area contributed by atoms with Crippen LogP contribution in [-0.4, -0.2) is 36.1 Å². The monoisotopic (exact) mass is 223 g/mol. The van der Waals surface area contributed by atoms with Gasteiger partial charge in [-0.3, -0.25) is 10.2 Å². The maximum Gasteiger partial charge on any atom is 0.116 e. The molecule has 0 aromatic rings. The fraction of sp³-hybridized carbons (Fsp3) is 0.923. The third kappa shape index (κ3) is 3.47. The molecule has 92 valence electrons. The minimum absolute atomic E-state index is 0.395. The van der Waals surface area contributed by atoms with E-state index in [0.29, 0.717) is 6.04 Å². The van der Waals surface area contributed by atoms with Crippen LogP contribution in [0.1, 0.15) is 40.5 Å². The van der Waals surface area contributed by atoms with Gasteiger partial charge < -0.3 is 0 Å². The van der Waals surface area contributed by atoms with E-state index in [0.717, 1.165) is 32.0 Å². The predicted molar refractivity (Wildman–Crippen MR) is 67.1 cm³/mol. The Morgan fingerprint density at radius 2 is 2.19 bits per heavy atom. The molecule has 3 unspecified atom stereocenters. The summed E-state index contributed by atoms with van der Waals surface area (Å²) in [4.78, 5) is 2.44. The minimum Gasteiger partial charge on any atom is -0.299 e. The molecule has 0 amide bonds. The zero-order valence-electron chi connectivity index (χ0n) is 11.1. The third-order valence-corrected chi connectivity index (χ3v) is 3.44. The smallest absolute Gasteiger partial charge is 0.116 e. The Balaban J connectivity index is 2.53. The number of hydrogen-bond acceptors (Lipinski definition) is 3. The molecular weight excluding hydrogens is 198 g/mol. The van der Waals surface area contributed by atoms with Crippen molar-refractivity contribution < 1.29 is 0 Å². The van der Waals surface area contributed by atoms with E-state index in [2.05, 4.69) is 37.1 Å². The van der Waals surface area contributed by atoms with Gasteiger partial charge in [-0.15, -0.1) is 0 Å². The average molecular weight is 223 g/mol. The van der Waals surface area contributed by atoms with Crippen molar-refractivity contribution in [2.45, 2.75) is 52.1 Å². The van der Waals surface area contributed by atoms with Crippen LogP contribution >= 0.6 is 0 Å². The molecule has 1 heterocycles. The Kier molecular flexibility index (Phi) is 4.76. The molecule has 1 rings (SSSR count). The summed E-state index contributed by atoms with van der Waals surface area (Å²) < 4.78 is 0. The minimum atomic E-state index is -0.395. The highest BCUT2D eigenvalue weighted by Crippen LogP contribution is 2.23. The van der Waals surface area contributed by atoms with Crippen molar-refractivity contribution in [3.05, 3.63) is 0 Å². The number of hydrogen-bond donors (Lipinski definition) is 1. The molecule has 0 aliphatic carbocycles. The summed E-state index contributed by atoms with van der Waals surface area (Å²) in [6.45, 7) is 11.6. The lowest BCUT2D eigenvalue weighted by atomic mass is 10.0. The van der Waals surface area contributed by atoms with Crippen LogP contribution in [0.25, 0.3) is 0 Å². The van der Waals surface area contributed by atoms with Crippen molar-refractivity contribution in [2.75, 3.05) is 19.6 Å². The quantitative estimate of drug-likeness (QED) is 0.775. The largest absolute Gasteiger partial charge is 0.299 e. The van der Waals surface area contributed by atoms with Gasteiger partial charge >= 0.3 is 0 Å². The molecule has 1 saturated heterocycles. The fourth-order valence-electron chi connectivity index (χ4n) is 2.54. The summed E-state index contributed by atoms with van der Waals surface area (Å²) in [6, 6.07) is 3.04. The molecule has 0 aromatic heterocycles. The van der Waals surface area contributed by atoms with E-state index >= 15 is 0 Å². The van der Waals surface area contributed by atoms with Crippen LogP contribution in [0.5, 0.6) is 0 Å². The van der Waals surface area contributed by atoms with Crippen molar-refractivity contribution in [3.8, 4) is 6.07 Å². The third-order valence-electron chi connectivity index (χ3n) is 3.44. The summed E-state index contributed by atoms with van der Waals surface area (Å²) in [6.07, 6.45) is 2.33. The Morgan fingerprint density at radius 3 is 2.62 bits per heavy atom. The number of rotatable bonds is 5. The summed E-state index contributed by atoms with van der Waals surface area (Å²) in [7, 11) is 0. The number of likely N-dealkylation sites (tertiary alicyclic amines) is 1. The second-order valence-electron chi connectivity index (χ2n) is 5.49. The highest BCUT2D eigenvalue weighted by molar-refractivity contribution is 5.06. The van der Waals surface area contributed by atoms with Gasteiger partial charge in [0.05, 0.1) is 6.07 Å². The van der Waals surface area contributed by atoms with Crippen molar-refractivity contribution >= 4 is 0 Å². The number of nitrogens with zero attached hydrogens (tertiary/aromatic N) is 2. The van der Waals surface area contributed by atoms with Gasteiger partial charge in [-0.2, -0.15) is 5.26 Å². The van der Waals surface area contributed by atoms with Gasteiger partial charge in [0.15, 0.2) is 0 Å². The molecule has 0 spiro atoms. The van der Waals surface area contributed by atoms with E-state index < -0.39 is 5.54 Å². The zero-order chi connectivity index (χ0) is 12.2. The van der Waals surface area contributed by atoms with Crippen LogP contribution in [0.3, 0.4) is 0 Å². The van der Waals surface area contributed by atoms with Crippen LogP contribution in [0.15, 0.2) is 0 Å². The molecule has 3 heteroatoms. The second-order valence-corrected chi connectivity index (χ2v) is 5.49. The Hall–Kier alpha value is -0.590. The summed E-state index contributed by atoms with van der Waals surface area (Å²) in [5, 5.41) is 12.6. The summed E-state index contributed by atoms with van der Waals surface area (Å²) in [5.74, 6) is 0.768. The van der Waals surface area contributed by atoms with E-state index in [1.165, 1.54) is 6.42 Å². The van der Waals surface area contributed by atoms with Gasteiger partial charge in [-0.05, 0) is 39.2 Å². The first-order valence-electron chi connectivity index (χ1n) is 6.41. The van der Waals surface area contributed by atoms with Crippen molar-refractivity contribution in [1.29, 1.82) is 5.26 Å². The lowest BCUT2D eigenvalue weighted by Crippen LogP contribution is -2.51. The van der Waals surface area contributed by atoms with Gasteiger partial charge in [-0.1, -0.05) is 13.8 Å². The van der Waals surface area contributed by atoms with E-state index in [4.69, 9.17) is 0 Å². The van der Waals surface area contributed by atoms with Gasteiger partial charge in [0.25, 0.3) is 0 Å². The molecule has 1 aliphatic heterocycles. The lowest BCUT2D eigenvalue weighted by molar-refractivity contribution is 0.212. The highest BCUT2D eigenvalue weighted by atomic mass is 15.2. The molecule has 0 aromatic carbocycles. The maximum atomic E-state index is 9.29. The SMILES string of the molecule is CCCNC(C)(C#N)CN1CC(C)CC1C. The normalized spacial score (nSPS) is 29.9. The zero-order valence-corrected chi connectivity index (χ0v) is 11.1. The highest BCUT2D eigenvalue weighted by Gasteiger charge is 2.33. The molecule has 16 heavy (non-hydrogen) atoms. The average Bonchev–Trinajstić information content (AvgIpc) is 2.54. The van der Waals surface area contributed by atoms with Gasteiger partial charge in [0, 0.05) is 19.1 Å². The van der Waals surface area contributed by atoms with Crippen LogP contribution < -0.4 is 5.32 Å². The fourth-order valence-corrected chi connectivity index (χ4v) is 2.54. The second kappa shape index (κ2) is 5.65. The molecule has 0 radical (unpaired) electrons. The molecule has 3 nitrogen and oxygen atoms in total. The maximum absolute atomic E-state index is 9.29. The topological polar surface area (TPSA) is 39.1 Å². The molecule has 1 fully saturated rings. The number of nitriles is 1. The number of nitrogens with one attached hydrogen (secondary N) is 1. The van der Waals surface area contributed by atoms with Gasteiger partial charge in [0.2, 0.25) is 0 Å². The van der Waals surface area contributed by atoms with Crippen molar-refractivity contribution in [3.63, 3.8) is 0 Å². The molecule has 0 bridgehead atoms. The molecule has 1 N–H and O–H groups in total. The van der Waals surface area contributed by atoms with E-state index in [-0.39, 0.29) is 0 Å².